The Labute approximate surface area is 247 Å². The third-order valence-electron chi connectivity index (χ3n) is 6.21. The maximum atomic E-state index is 12.9. The van der Waals surface area contributed by atoms with E-state index in [2.05, 4.69) is 20.6 Å². The van der Waals surface area contributed by atoms with Gasteiger partial charge in [-0.3, -0.25) is 14.4 Å². The Morgan fingerprint density at radius 1 is 1.05 bits per heavy atom. The number of hydrogen-bond donors (Lipinski definition) is 2. The number of carbonyl (C=O) groups excluding carboxylic acids is 3. The number of nitrogens with zero attached hydrogens (tertiary/aromatic N) is 3. The highest BCUT2D eigenvalue weighted by Gasteiger charge is 2.19. The van der Waals surface area contributed by atoms with Crippen molar-refractivity contribution in [3.05, 3.63) is 99.4 Å². The molecule has 210 valence electrons. The molecule has 3 amide bonds. The Balaban J connectivity index is 1.39. The van der Waals surface area contributed by atoms with Crippen molar-refractivity contribution < 1.29 is 19.1 Å². The maximum Gasteiger partial charge on any atom is 0.251 e. The summed E-state index contributed by atoms with van der Waals surface area (Å²) in [5.41, 5.74) is 2.82. The molecule has 9 nitrogen and oxygen atoms in total. The molecule has 4 rings (SSSR count). The first-order valence-electron chi connectivity index (χ1n) is 12.5. The minimum absolute atomic E-state index is 0.0430. The van der Waals surface area contributed by atoms with Crippen molar-refractivity contribution in [1.82, 2.24) is 20.6 Å². The smallest absolute Gasteiger partial charge is 0.251 e. The molecule has 0 saturated heterocycles. The number of carbonyl (C=O) groups is 3. The fourth-order valence-electron chi connectivity index (χ4n) is 3.90. The number of aryl methyl sites for hydroxylation is 1. The number of aromatic nitrogens is 2. The summed E-state index contributed by atoms with van der Waals surface area (Å²) in [5.74, 6) is 0.127. The molecule has 1 heterocycles. The summed E-state index contributed by atoms with van der Waals surface area (Å²) in [6.45, 7) is 1.59. The van der Waals surface area contributed by atoms with Crippen LogP contribution in [0.1, 0.15) is 27.3 Å². The lowest BCUT2D eigenvalue weighted by molar-refractivity contribution is -0.122. The van der Waals surface area contributed by atoms with Gasteiger partial charge in [-0.2, -0.15) is 0 Å². The quantitative estimate of drug-likeness (QED) is 0.265. The van der Waals surface area contributed by atoms with Crippen LogP contribution < -0.4 is 20.3 Å². The summed E-state index contributed by atoms with van der Waals surface area (Å²) < 4.78 is 6.04. The molecule has 41 heavy (non-hydrogen) atoms. The number of anilines is 1. The van der Waals surface area contributed by atoms with Crippen LogP contribution in [0.3, 0.4) is 0 Å². The zero-order valence-electron chi connectivity index (χ0n) is 22.6. The monoisotopic (exact) mass is 591 g/mol. The third kappa shape index (κ3) is 7.19. The van der Waals surface area contributed by atoms with Gasteiger partial charge in [-0.25, -0.2) is 9.97 Å². The van der Waals surface area contributed by atoms with E-state index in [0.29, 0.717) is 38.9 Å². The Morgan fingerprint density at radius 3 is 2.54 bits per heavy atom. The Morgan fingerprint density at radius 2 is 1.80 bits per heavy atom. The molecule has 0 bridgehead atoms. The number of nitrogens with one attached hydrogen (secondary N) is 2. The molecule has 11 heteroatoms. The van der Waals surface area contributed by atoms with Crippen molar-refractivity contribution in [3.8, 4) is 5.75 Å². The van der Waals surface area contributed by atoms with Gasteiger partial charge in [0.15, 0.2) is 0 Å². The molecule has 0 aliphatic carbocycles. The highest BCUT2D eigenvalue weighted by molar-refractivity contribution is 6.38. The van der Waals surface area contributed by atoms with E-state index in [1.165, 1.54) is 11.0 Å². The Kier molecular flexibility index (Phi) is 9.54. The molecule has 0 aliphatic heterocycles. The molecule has 3 aromatic carbocycles. The molecule has 2 N–H and O–H groups in total. The molecule has 0 atom stereocenters. The maximum absolute atomic E-state index is 12.9. The highest BCUT2D eigenvalue weighted by Crippen LogP contribution is 2.35. The molecule has 4 aromatic rings. The number of para-hydroxylation sites is 1. The van der Waals surface area contributed by atoms with E-state index in [4.69, 9.17) is 27.9 Å². The van der Waals surface area contributed by atoms with E-state index in [1.807, 2.05) is 12.1 Å². The van der Waals surface area contributed by atoms with Gasteiger partial charge >= 0.3 is 0 Å². The summed E-state index contributed by atoms with van der Waals surface area (Å²) in [6, 6.07) is 15.5. The topological polar surface area (TPSA) is 114 Å². The molecule has 0 unspecified atom stereocenters. The first-order valence-corrected chi connectivity index (χ1v) is 13.3. The lowest BCUT2D eigenvalue weighted by Crippen LogP contribution is -2.37. The number of hydrogen-bond acceptors (Lipinski definition) is 6. The van der Waals surface area contributed by atoms with Crippen molar-refractivity contribution in [3.63, 3.8) is 0 Å². The first-order chi connectivity index (χ1) is 19.7. The zero-order chi connectivity index (χ0) is 29.5. The van der Waals surface area contributed by atoms with Gasteiger partial charge in [0.05, 0.1) is 17.3 Å². The standard InChI is InChI=1S/C30H27Cl2N5O4/c1-18-34-15-21-5-4-6-25(29(21)36-18)41-17-22-23(31)12-13-24(28(22)32)37(3)27(39)16-35-26(38)14-9-19-7-10-20(11-8-19)30(40)33-2/h4-15H,16-17H2,1-3H3,(H,33,40)(H,35,38). The second-order valence-corrected chi connectivity index (χ2v) is 9.75. The van der Waals surface area contributed by atoms with Crippen molar-refractivity contribution in [2.45, 2.75) is 13.5 Å². The summed E-state index contributed by atoms with van der Waals surface area (Å²) in [6.07, 6.45) is 4.63. The van der Waals surface area contributed by atoms with Gasteiger partial charge < -0.3 is 20.3 Å². The average molecular weight is 592 g/mol. The molecular formula is C30H27Cl2N5O4. The average Bonchev–Trinajstić information content (AvgIpc) is 2.98. The minimum atomic E-state index is -0.451. The number of amides is 3. The van der Waals surface area contributed by atoms with E-state index in [1.54, 1.807) is 75.8 Å². The lowest BCUT2D eigenvalue weighted by Gasteiger charge is -2.21. The van der Waals surface area contributed by atoms with E-state index < -0.39 is 5.91 Å². The SMILES string of the molecule is CNC(=O)c1ccc(C=CC(=O)NCC(=O)N(C)c2ccc(Cl)c(COc3cccc4cnc(C)nc34)c2Cl)cc1. The van der Waals surface area contributed by atoms with Gasteiger partial charge in [0.1, 0.15) is 23.7 Å². The van der Waals surface area contributed by atoms with Crippen LogP contribution in [0.5, 0.6) is 5.75 Å². The van der Waals surface area contributed by atoms with E-state index in [0.717, 1.165) is 10.9 Å². The van der Waals surface area contributed by atoms with Crippen LogP contribution in [0, 0.1) is 6.92 Å². The predicted molar refractivity (Wildman–Crippen MR) is 160 cm³/mol. The van der Waals surface area contributed by atoms with Crippen molar-refractivity contribution in [1.29, 1.82) is 0 Å². The van der Waals surface area contributed by atoms with Crippen molar-refractivity contribution >= 4 is 63.6 Å². The number of benzene rings is 3. The second kappa shape index (κ2) is 13.3. The highest BCUT2D eigenvalue weighted by atomic mass is 35.5. The molecule has 0 radical (unpaired) electrons. The van der Waals surface area contributed by atoms with Crippen LogP contribution >= 0.6 is 23.2 Å². The van der Waals surface area contributed by atoms with Crippen LogP contribution in [0.2, 0.25) is 10.0 Å². The van der Waals surface area contributed by atoms with E-state index in [-0.39, 0.29) is 30.0 Å². The van der Waals surface area contributed by atoms with Gasteiger partial charge in [-0.05, 0) is 48.9 Å². The fourth-order valence-corrected chi connectivity index (χ4v) is 4.50. The van der Waals surface area contributed by atoms with E-state index >= 15 is 0 Å². The molecule has 0 fully saturated rings. The molecular weight excluding hydrogens is 565 g/mol. The van der Waals surface area contributed by atoms with E-state index in [9.17, 15) is 14.4 Å². The number of likely N-dealkylation sites (N-methyl/N-ethyl adjacent to an activating group) is 1. The normalized spacial score (nSPS) is 11.0. The van der Waals surface area contributed by atoms with Crippen molar-refractivity contribution in [2.24, 2.45) is 0 Å². The Hall–Kier alpha value is -4.47. The summed E-state index contributed by atoms with van der Waals surface area (Å²) in [7, 11) is 3.11. The summed E-state index contributed by atoms with van der Waals surface area (Å²) >= 11 is 13.1. The number of fused-ring (bicyclic) bond motifs is 1. The molecule has 0 aliphatic rings. The van der Waals surface area contributed by atoms with Crippen LogP contribution in [-0.2, 0) is 16.2 Å². The summed E-state index contributed by atoms with van der Waals surface area (Å²) in [4.78, 5) is 46.8. The zero-order valence-corrected chi connectivity index (χ0v) is 24.1. The first kappa shape index (κ1) is 29.5. The predicted octanol–water partition coefficient (Wildman–Crippen LogP) is 4.98. The van der Waals surface area contributed by atoms with Crippen LogP contribution in [0.15, 0.2) is 66.9 Å². The van der Waals surface area contributed by atoms with Gasteiger partial charge in [0.25, 0.3) is 5.91 Å². The fraction of sp³-hybridized carbons (Fsp3) is 0.167. The third-order valence-corrected chi connectivity index (χ3v) is 6.98. The summed E-state index contributed by atoms with van der Waals surface area (Å²) in [5, 5.41) is 6.59. The number of ether oxygens (including phenoxy) is 1. The van der Waals surface area contributed by atoms with Crippen molar-refractivity contribution in [2.75, 3.05) is 25.5 Å². The molecule has 0 saturated carbocycles. The largest absolute Gasteiger partial charge is 0.487 e. The van der Waals surface area contributed by atoms with Gasteiger partial charge in [0.2, 0.25) is 11.8 Å². The second-order valence-electron chi connectivity index (χ2n) is 8.96. The van der Waals surface area contributed by atoms with Gasteiger partial charge in [-0.15, -0.1) is 0 Å². The molecule has 1 aromatic heterocycles. The lowest BCUT2D eigenvalue weighted by atomic mass is 10.1. The van der Waals surface area contributed by atoms with Crippen LogP contribution in [0.4, 0.5) is 5.69 Å². The van der Waals surface area contributed by atoms with Gasteiger partial charge in [-0.1, -0.05) is 47.5 Å². The number of halogens is 2. The van der Waals surface area contributed by atoms with Crippen LogP contribution in [0.25, 0.3) is 17.0 Å². The molecule has 0 spiro atoms. The Bertz CT molecular complexity index is 1640. The number of rotatable bonds is 9. The minimum Gasteiger partial charge on any atom is -0.487 e. The van der Waals surface area contributed by atoms with Gasteiger partial charge in [0, 0.05) is 47.9 Å². The van der Waals surface area contributed by atoms with Crippen LogP contribution in [-0.4, -0.2) is 48.3 Å².